The van der Waals surface area contributed by atoms with E-state index in [2.05, 4.69) is 5.32 Å². The van der Waals surface area contributed by atoms with Gasteiger partial charge in [0, 0.05) is 18.5 Å². The van der Waals surface area contributed by atoms with Crippen LogP contribution in [0.2, 0.25) is 0 Å². The number of hydrogen-bond acceptors (Lipinski definition) is 4. The van der Waals surface area contributed by atoms with Crippen molar-refractivity contribution in [3.05, 3.63) is 0 Å². The second-order valence-corrected chi connectivity index (χ2v) is 6.29. The fraction of sp³-hybridized carbons (Fsp3) is 0.889. The average Bonchev–Trinajstić information content (AvgIpc) is 1.97. The molecule has 0 aliphatic carbocycles. The first kappa shape index (κ1) is 14.4. The molecule has 6 heteroatoms. The molecule has 0 aliphatic rings. The highest BCUT2D eigenvalue weighted by molar-refractivity contribution is 7.91. The maximum atomic E-state index is 11.4. The Morgan fingerprint density at radius 2 is 1.87 bits per heavy atom. The molecule has 1 atom stereocenters. The second kappa shape index (κ2) is 6.07. The van der Waals surface area contributed by atoms with E-state index in [4.69, 9.17) is 5.73 Å². The van der Waals surface area contributed by atoms with Crippen LogP contribution in [0.1, 0.15) is 27.2 Å². The van der Waals surface area contributed by atoms with Gasteiger partial charge in [-0.25, -0.2) is 8.42 Å². The number of nitrogens with two attached hydrogens (primary N) is 1. The molecule has 0 saturated carbocycles. The lowest BCUT2D eigenvalue weighted by atomic mass is 10.3. The highest BCUT2D eigenvalue weighted by Gasteiger charge is 2.15. The van der Waals surface area contributed by atoms with E-state index in [-0.39, 0.29) is 35.9 Å². The third kappa shape index (κ3) is 8.38. The SMILES string of the molecule is CC(N)CS(=O)(=O)CCC(=O)NC(C)C. The number of amides is 1. The third-order valence-electron chi connectivity index (χ3n) is 1.61. The summed E-state index contributed by atoms with van der Waals surface area (Å²) in [6, 6.07) is -0.350. The molecule has 0 saturated heterocycles. The molecule has 0 radical (unpaired) electrons. The van der Waals surface area contributed by atoms with E-state index in [0.29, 0.717) is 0 Å². The summed E-state index contributed by atoms with van der Waals surface area (Å²) in [6.45, 7) is 5.29. The number of sulfone groups is 1. The summed E-state index contributed by atoms with van der Waals surface area (Å²) in [7, 11) is -3.20. The quantitative estimate of drug-likeness (QED) is 0.660. The highest BCUT2D eigenvalue weighted by Crippen LogP contribution is 1.96. The van der Waals surface area contributed by atoms with Crippen LogP contribution < -0.4 is 11.1 Å². The molecule has 1 amide bonds. The van der Waals surface area contributed by atoms with Crippen LogP contribution in [-0.4, -0.2) is 37.9 Å². The molecular formula is C9H20N2O3S. The van der Waals surface area contributed by atoms with E-state index in [1.54, 1.807) is 6.92 Å². The van der Waals surface area contributed by atoms with Gasteiger partial charge in [0.2, 0.25) is 5.91 Å². The smallest absolute Gasteiger partial charge is 0.221 e. The summed E-state index contributed by atoms with van der Waals surface area (Å²) in [5, 5.41) is 2.63. The molecule has 0 aliphatic heterocycles. The van der Waals surface area contributed by atoms with Crippen LogP contribution in [0.15, 0.2) is 0 Å². The van der Waals surface area contributed by atoms with Crippen molar-refractivity contribution in [3.63, 3.8) is 0 Å². The fourth-order valence-electron chi connectivity index (χ4n) is 1.13. The Labute approximate surface area is 91.3 Å². The Morgan fingerprint density at radius 1 is 1.33 bits per heavy atom. The zero-order valence-electron chi connectivity index (χ0n) is 9.49. The van der Waals surface area contributed by atoms with Crippen molar-refractivity contribution in [2.24, 2.45) is 5.73 Å². The summed E-state index contributed by atoms with van der Waals surface area (Å²) >= 11 is 0. The molecular weight excluding hydrogens is 216 g/mol. The fourth-order valence-corrected chi connectivity index (χ4v) is 2.59. The molecule has 15 heavy (non-hydrogen) atoms. The Morgan fingerprint density at radius 3 is 2.27 bits per heavy atom. The molecule has 90 valence electrons. The van der Waals surface area contributed by atoms with Gasteiger partial charge in [-0.3, -0.25) is 4.79 Å². The summed E-state index contributed by atoms with van der Waals surface area (Å²) < 4.78 is 22.7. The molecule has 0 heterocycles. The summed E-state index contributed by atoms with van der Waals surface area (Å²) in [4.78, 5) is 11.2. The van der Waals surface area contributed by atoms with Gasteiger partial charge >= 0.3 is 0 Å². The third-order valence-corrected chi connectivity index (χ3v) is 3.47. The van der Waals surface area contributed by atoms with Gasteiger partial charge in [-0.05, 0) is 20.8 Å². The molecule has 0 aromatic heterocycles. The highest BCUT2D eigenvalue weighted by atomic mass is 32.2. The van der Waals surface area contributed by atoms with Gasteiger partial charge < -0.3 is 11.1 Å². The topological polar surface area (TPSA) is 89.3 Å². The maximum Gasteiger partial charge on any atom is 0.221 e. The first-order chi connectivity index (χ1) is 6.73. The van der Waals surface area contributed by atoms with Crippen molar-refractivity contribution in [1.29, 1.82) is 0 Å². The first-order valence-corrected chi connectivity index (χ1v) is 6.80. The Kier molecular flexibility index (Phi) is 5.82. The van der Waals surface area contributed by atoms with Gasteiger partial charge in [0.15, 0.2) is 9.84 Å². The minimum absolute atomic E-state index is 0.00718. The van der Waals surface area contributed by atoms with E-state index in [1.807, 2.05) is 13.8 Å². The number of rotatable bonds is 6. The Bertz CT molecular complexity index is 296. The van der Waals surface area contributed by atoms with Crippen molar-refractivity contribution in [2.45, 2.75) is 39.3 Å². The molecule has 0 aromatic carbocycles. The van der Waals surface area contributed by atoms with Crippen LogP contribution in [-0.2, 0) is 14.6 Å². The van der Waals surface area contributed by atoms with Gasteiger partial charge in [-0.15, -0.1) is 0 Å². The lowest BCUT2D eigenvalue weighted by Gasteiger charge is -2.09. The molecule has 0 aromatic rings. The van der Waals surface area contributed by atoms with Crippen LogP contribution in [0.4, 0.5) is 0 Å². The first-order valence-electron chi connectivity index (χ1n) is 4.98. The second-order valence-electron chi connectivity index (χ2n) is 4.06. The van der Waals surface area contributed by atoms with Gasteiger partial charge in [0.1, 0.15) is 0 Å². The van der Waals surface area contributed by atoms with E-state index in [1.165, 1.54) is 0 Å². The number of nitrogens with one attached hydrogen (secondary N) is 1. The summed E-state index contributed by atoms with van der Waals surface area (Å²) in [5.74, 6) is -0.437. The molecule has 0 bridgehead atoms. The molecule has 0 fully saturated rings. The largest absolute Gasteiger partial charge is 0.354 e. The van der Waals surface area contributed by atoms with Crippen LogP contribution in [0.5, 0.6) is 0 Å². The molecule has 3 N–H and O–H groups in total. The van der Waals surface area contributed by atoms with Gasteiger partial charge in [0.25, 0.3) is 0 Å². The normalized spacial score (nSPS) is 13.9. The monoisotopic (exact) mass is 236 g/mol. The Balaban J connectivity index is 3.99. The number of hydrogen-bond donors (Lipinski definition) is 2. The zero-order valence-corrected chi connectivity index (χ0v) is 10.3. The van der Waals surface area contributed by atoms with E-state index in [0.717, 1.165) is 0 Å². The lowest BCUT2D eigenvalue weighted by Crippen LogP contribution is -2.33. The van der Waals surface area contributed by atoms with Crippen LogP contribution >= 0.6 is 0 Å². The van der Waals surface area contributed by atoms with E-state index < -0.39 is 9.84 Å². The van der Waals surface area contributed by atoms with Crippen LogP contribution in [0.25, 0.3) is 0 Å². The minimum Gasteiger partial charge on any atom is -0.354 e. The maximum absolute atomic E-state index is 11.4. The molecule has 0 spiro atoms. The minimum atomic E-state index is -3.20. The Hall–Kier alpha value is -0.620. The molecule has 5 nitrogen and oxygen atoms in total. The molecule has 0 rings (SSSR count). The van der Waals surface area contributed by atoms with Gasteiger partial charge in [0.05, 0.1) is 11.5 Å². The van der Waals surface area contributed by atoms with Crippen molar-refractivity contribution in [1.82, 2.24) is 5.32 Å². The van der Waals surface area contributed by atoms with E-state index >= 15 is 0 Å². The lowest BCUT2D eigenvalue weighted by molar-refractivity contribution is -0.121. The predicted octanol–water partition coefficient (Wildman–Crippen LogP) is -0.337. The number of carbonyl (C=O) groups is 1. The van der Waals surface area contributed by atoms with E-state index in [9.17, 15) is 13.2 Å². The summed E-state index contributed by atoms with van der Waals surface area (Å²) in [5.41, 5.74) is 5.39. The standard InChI is InChI=1S/C9H20N2O3S/c1-7(2)11-9(12)4-5-15(13,14)6-8(3)10/h7-8H,4-6,10H2,1-3H3,(H,11,12). The van der Waals surface area contributed by atoms with Crippen LogP contribution in [0.3, 0.4) is 0 Å². The average molecular weight is 236 g/mol. The van der Waals surface area contributed by atoms with Crippen molar-refractivity contribution in [2.75, 3.05) is 11.5 Å². The summed E-state index contributed by atoms with van der Waals surface area (Å²) in [6.07, 6.45) is 0.00718. The van der Waals surface area contributed by atoms with Crippen molar-refractivity contribution in [3.8, 4) is 0 Å². The van der Waals surface area contributed by atoms with Gasteiger partial charge in [-0.2, -0.15) is 0 Å². The zero-order chi connectivity index (χ0) is 12.1. The number of carbonyl (C=O) groups excluding carboxylic acids is 1. The van der Waals surface area contributed by atoms with Gasteiger partial charge in [-0.1, -0.05) is 0 Å². The van der Waals surface area contributed by atoms with Crippen LogP contribution in [0, 0.1) is 0 Å². The van der Waals surface area contributed by atoms with Crippen molar-refractivity contribution < 1.29 is 13.2 Å². The molecule has 1 unspecified atom stereocenters. The predicted molar refractivity (Wildman–Crippen MR) is 60.2 cm³/mol. The van der Waals surface area contributed by atoms with Crippen molar-refractivity contribution >= 4 is 15.7 Å².